The van der Waals surface area contributed by atoms with Crippen LogP contribution in [0, 0.1) is 0 Å². The van der Waals surface area contributed by atoms with Gasteiger partial charge in [-0.25, -0.2) is 9.98 Å². The van der Waals surface area contributed by atoms with Crippen molar-refractivity contribution in [3.63, 3.8) is 0 Å². The van der Waals surface area contributed by atoms with Gasteiger partial charge in [-0.1, -0.05) is 41.9 Å². The Morgan fingerprint density at radius 2 is 2.06 bits per heavy atom. The highest BCUT2D eigenvalue weighted by Crippen LogP contribution is 2.37. The number of aromatic nitrogens is 2. The van der Waals surface area contributed by atoms with Crippen LogP contribution in [0.25, 0.3) is 5.69 Å². The number of anilines is 1. The molecule has 0 saturated carbocycles. The van der Waals surface area contributed by atoms with E-state index in [9.17, 15) is 0 Å². The topological polar surface area (TPSA) is 75.9 Å². The molecule has 1 atom stereocenters. The molecule has 2 N–H and O–H groups in total. The minimum atomic E-state index is 0.0752. The van der Waals surface area contributed by atoms with Crippen LogP contribution in [0.4, 0.5) is 5.69 Å². The van der Waals surface area contributed by atoms with Gasteiger partial charge in [-0.15, -0.1) is 5.53 Å². The number of imidazole rings is 1. The molecule has 0 aliphatic carbocycles. The molecule has 0 spiro atoms. The van der Waals surface area contributed by atoms with Crippen molar-refractivity contribution in [2.75, 3.05) is 25.3 Å². The molecule has 3 aliphatic rings. The number of halogens is 1. The van der Waals surface area contributed by atoms with Gasteiger partial charge in [0.15, 0.2) is 0 Å². The summed E-state index contributed by atoms with van der Waals surface area (Å²) >= 11 is 6.36. The number of aliphatic imine (C=N–C) groups is 1. The molecular formula is C24H23ClN6O2. The predicted octanol–water partition coefficient (Wildman–Crippen LogP) is 3.16. The monoisotopic (exact) mass is 462 g/mol. The van der Waals surface area contributed by atoms with E-state index in [4.69, 9.17) is 31.1 Å². The fraction of sp³-hybridized carbons (Fsp3) is 0.250. The molecule has 0 amide bonds. The van der Waals surface area contributed by atoms with Crippen molar-refractivity contribution < 1.29 is 9.47 Å². The molecule has 8 nitrogen and oxygen atoms in total. The van der Waals surface area contributed by atoms with Crippen LogP contribution in [0.1, 0.15) is 17.0 Å². The Labute approximate surface area is 196 Å². The van der Waals surface area contributed by atoms with Gasteiger partial charge in [0.2, 0.25) is 5.90 Å². The lowest BCUT2D eigenvalue weighted by Gasteiger charge is -2.21. The molecule has 0 bridgehead atoms. The number of hydrazine groups is 2. The normalized spacial score (nSPS) is 18.8. The molecule has 3 aliphatic heterocycles. The lowest BCUT2D eigenvalue weighted by molar-refractivity contribution is 0.219. The number of benzene rings is 2. The van der Waals surface area contributed by atoms with Gasteiger partial charge in [0.05, 0.1) is 41.1 Å². The van der Waals surface area contributed by atoms with Crippen LogP contribution in [0.2, 0.25) is 5.02 Å². The molecule has 4 heterocycles. The summed E-state index contributed by atoms with van der Waals surface area (Å²) in [6, 6.07) is 16.3. The van der Waals surface area contributed by atoms with E-state index < -0.39 is 0 Å². The van der Waals surface area contributed by atoms with E-state index in [1.54, 1.807) is 7.11 Å². The number of hydrogen-bond donors (Lipinski definition) is 2. The second-order valence-corrected chi connectivity index (χ2v) is 8.68. The molecule has 0 radical (unpaired) electrons. The highest BCUT2D eigenvalue weighted by atomic mass is 35.5. The molecule has 33 heavy (non-hydrogen) atoms. The van der Waals surface area contributed by atoms with Crippen LogP contribution in [-0.2, 0) is 22.3 Å². The fourth-order valence-corrected chi connectivity index (χ4v) is 4.72. The number of nitrogens with one attached hydrogen (secondary N) is 2. The molecule has 0 unspecified atom stereocenters. The maximum Gasteiger partial charge on any atom is 0.237 e. The molecule has 168 valence electrons. The standard InChI is InChI=1S/C24H23ClN6O2/c1-32-13-18-20-11-22-23(24-27-17(12-33-24)9-15-5-3-2-4-6-15)26-14-30(22)19-8-7-16(25)10-21(19)31(20)29-28-18/h2-8,10,14,17,28-29H,9,11-13H2,1H3/t17-/m0/s1. The SMILES string of the molecule is COCC1=C2Cc3c(C4=N[C@@H](Cc5ccccc5)CO4)ncn3-c3ccc(Cl)cc3N2NN1. The number of allylic oxidation sites excluding steroid dienone is 1. The van der Waals surface area contributed by atoms with E-state index >= 15 is 0 Å². The Morgan fingerprint density at radius 1 is 1.18 bits per heavy atom. The van der Waals surface area contributed by atoms with Gasteiger partial charge < -0.3 is 14.9 Å². The predicted molar refractivity (Wildman–Crippen MR) is 126 cm³/mol. The smallest absolute Gasteiger partial charge is 0.237 e. The van der Waals surface area contributed by atoms with Gasteiger partial charge in [0.25, 0.3) is 0 Å². The molecule has 2 aromatic carbocycles. The van der Waals surface area contributed by atoms with Gasteiger partial charge in [0, 0.05) is 18.6 Å². The quantitative estimate of drug-likeness (QED) is 0.606. The first kappa shape index (κ1) is 20.3. The van der Waals surface area contributed by atoms with Crippen LogP contribution in [-0.4, -0.2) is 41.8 Å². The van der Waals surface area contributed by atoms with E-state index in [0.717, 1.165) is 40.6 Å². The first-order chi connectivity index (χ1) is 16.2. The van der Waals surface area contributed by atoms with Crippen molar-refractivity contribution in [3.05, 3.63) is 88.2 Å². The molecule has 1 aromatic heterocycles. The number of hydrogen-bond acceptors (Lipinski definition) is 7. The summed E-state index contributed by atoms with van der Waals surface area (Å²) in [5.74, 6) is 0.599. The van der Waals surface area contributed by atoms with Crippen molar-refractivity contribution in [3.8, 4) is 5.69 Å². The average Bonchev–Trinajstić information content (AvgIpc) is 3.53. The summed E-state index contributed by atoms with van der Waals surface area (Å²) in [5, 5.41) is 2.67. The van der Waals surface area contributed by atoms with Crippen LogP contribution in [0.15, 0.2) is 71.2 Å². The fourth-order valence-electron chi connectivity index (χ4n) is 4.56. The summed E-state index contributed by atoms with van der Waals surface area (Å²) in [7, 11) is 1.68. The highest BCUT2D eigenvalue weighted by Gasteiger charge is 2.34. The first-order valence-corrected chi connectivity index (χ1v) is 11.2. The summed E-state index contributed by atoms with van der Waals surface area (Å²) in [4.78, 5) is 9.62. The Balaban J connectivity index is 1.41. The van der Waals surface area contributed by atoms with Crippen molar-refractivity contribution >= 4 is 23.2 Å². The van der Waals surface area contributed by atoms with E-state index in [1.807, 2.05) is 35.6 Å². The number of ether oxygens (including phenoxy) is 2. The third-order valence-electron chi connectivity index (χ3n) is 6.09. The van der Waals surface area contributed by atoms with Gasteiger partial charge >= 0.3 is 0 Å². The molecule has 3 aromatic rings. The average molecular weight is 463 g/mol. The highest BCUT2D eigenvalue weighted by molar-refractivity contribution is 6.31. The van der Waals surface area contributed by atoms with Crippen molar-refractivity contribution in [1.82, 2.24) is 20.5 Å². The number of rotatable bonds is 5. The molecule has 0 fully saturated rings. The Hall–Kier alpha value is -3.33. The van der Waals surface area contributed by atoms with Crippen molar-refractivity contribution in [1.29, 1.82) is 0 Å². The van der Waals surface area contributed by atoms with Crippen LogP contribution < -0.4 is 16.0 Å². The maximum atomic E-state index is 6.36. The zero-order chi connectivity index (χ0) is 22.4. The molecule has 9 heteroatoms. The minimum Gasteiger partial charge on any atom is -0.474 e. The van der Waals surface area contributed by atoms with Crippen LogP contribution in [0.3, 0.4) is 0 Å². The van der Waals surface area contributed by atoms with Crippen molar-refractivity contribution in [2.24, 2.45) is 4.99 Å². The summed E-state index contributed by atoms with van der Waals surface area (Å²) in [6.45, 7) is 1.00. The zero-order valence-electron chi connectivity index (χ0n) is 18.1. The lowest BCUT2D eigenvalue weighted by atomic mass is 10.1. The maximum absolute atomic E-state index is 6.36. The van der Waals surface area contributed by atoms with Crippen LogP contribution >= 0.6 is 11.6 Å². The summed E-state index contributed by atoms with van der Waals surface area (Å²) in [6.07, 6.45) is 3.29. The molecular weight excluding hydrogens is 440 g/mol. The first-order valence-electron chi connectivity index (χ1n) is 10.8. The second kappa shape index (κ2) is 8.22. The van der Waals surface area contributed by atoms with E-state index in [1.165, 1.54) is 5.56 Å². The van der Waals surface area contributed by atoms with E-state index in [2.05, 4.69) is 39.8 Å². The van der Waals surface area contributed by atoms with Crippen molar-refractivity contribution in [2.45, 2.75) is 18.9 Å². The van der Waals surface area contributed by atoms with Gasteiger partial charge in [-0.2, -0.15) is 0 Å². The van der Waals surface area contributed by atoms with E-state index in [-0.39, 0.29) is 6.04 Å². The number of fused-ring (bicyclic) bond motifs is 5. The largest absolute Gasteiger partial charge is 0.474 e. The third kappa shape index (κ3) is 3.56. The van der Waals surface area contributed by atoms with E-state index in [0.29, 0.717) is 30.6 Å². The molecule has 0 saturated heterocycles. The van der Waals surface area contributed by atoms with Gasteiger partial charge in [-0.05, 0) is 30.2 Å². The number of methoxy groups -OCH3 is 1. The van der Waals surface area contributed by atoms with Gasteiger partial charge in [-0.3, -0.25) is 9.58 Å². The Kier molecular flexibility index (Phi) is 5.05. The third-order valence-corrected chi connectivity index (χ3v) is 6.33. The zero-order valence-corrected chi connectivity index (χ0v) is 18.8. The Bertz CT molecular complexity index is 1270. The Morgan fingerprint density at radius 3 is 2.91 bits per heavy atom. The summed E-state index contributed by atoms with van der Waals surface area (Å²) < 4.78 is 13.6. The lowest BCUT2D eigenvalue weighted by Crippen LogP contribution is -2.38. The molecule has 6 rings (SSSR count). The van der Waals surface area contributed by atoms with Gasteiger partial charge in [0.1, 0.15) is 18.6 Å². The van der Waals surface area contributed by atoms with Crippen LogP contribution in [0.5, 0.6) is 0 Å². The number of nitrogens with zero attached hydrogens (tertiary/aromatic N) is 4. The minimum absolute atomic E-state index is 0.0752. The second-order valence-electron chi connectivity index (χ2n) is 8.24. The summed E-state index contributed by atoms with van der Waals surface area (Å²) in [5.41, 5.74) is 13.4.